The third-order valence-electron chi connectivity index (χ3n) is 6.90. The van der Waals surface area contributed by atoms with Gasteiger partial charge < -0.3 is 9.84 Å². The van der Waals surface area contributed by atoms with Crippen molar-refractivity contribution >= 4 is 11.9 Å². The molecule has 0 heterocycles. The molecule has 220 valence electrons. The summed E-state index contributed by atoms with van der Waals surface area (Å²) in [4.78, 5) is 23.6. The second-order valence-corrected chi connectivity index (χ2v) is 10.6. The monoisotopic (exact) mass is 532 g/mol. The lowest BCUT2D eigenvalue weighted by Gasteiger charge is -2.13. The highest BCUT2D eigenvalue weighted by atomic mass is 16.6. The van der Waals surface area contributed by atoms with Gasteiger partial charge in [0.1, 0.15) is 0 Å². The van der Waals surface area contributed by atoms with Gasteiger partial charge in [0.05, 0.1) is 0 Å². The summed E-state index contributed by atoms with van der Waals surface area (Å²) in [5.41, 5.74) is 0. The Kier molecular flexibility index (Phi) is 28.3. The quantitative estimate of drug-likeness (QED) is 0.0618. The van der Waals surface area contributed by atoms with Crippen LogP contribution in [0.1, 0.15) is 162 Å². The van der Waals surface area contributed by atoms with Gasteiger partial charge in [-0.1, -0.05) is 140 Å². The molecule has 1 unspecified atom stereocenters. The van der Waals surface area contributed by atoms with Crippen LogP contribution in [-0.2, 0) is 14.3 Å². The Morgan fingerprint density at radius 2 is 1.08 bits per heavy atom. The molecular formula is C34H60O4. The highest BCUT2D eigenvalue weighted by Crippen LogP contribution is 2.15. The van der Waals surface area contributed by atoms with Crippen LogP contribution in [-0.4, -0.2) is 23.1 Å². The van der Waals surface area contributed by atoms with Gasteiger partial charge in [0.15, 0.2) is 6.10 Å². The van der Waals surface area contributed by atoms with Crippen LogP contribution in [0.25, 0.3) is 0 Å². The van der Waals surface area contributed by atoms with Crippen LogP contribution < -0.4 is 0 Å². The van der Waals surface area contributed by atoms with Crippen molar-refractivity contribution < 1.29 is 19.4 Å². The average molecular weight is 533 g/mol. The van der Waals surface area contributed by atoms with Crippen LogP contribution >= 0.6 is 0 Å². The third-order valence-corrected chi connectivity index (χ3v) is 6.90. The van der Waals surface area contributed by atoms with Crippen LogP contribution in [0, 0.1) is 0 Å². The Morgan fingerprint density at radius 1 is 0.605 bits per heavy atom. The number of unbranched alkanes of at least 4 members (excludes halogenated alkanes) is 16. The van der Waals surface area contributed by atoms with Crippen LogP contribution in [0.5, 0.6) is 0 Å². The SMILES string of the molecule is CC/C=C\C/C=C\C/C=C\CCCCCCCCCC(=O)OC(CCCCCCCCCCCC)C(=O)O. The molecule has 0 aliphatic heterocycles. The fourth-order valence-electron chi connectivity index (χ4n) is 4.51. The Morgan fingerprint density at radius 3 is 1.63 bits per heavy atom. The van der Waals surface area contributed by atoms with Crippen molar-refractivity contribution in [2.24, 2.45) is 0 Å². The maximum Gasteiger partial charge on any atom is 0.345 e. The molecule has 1 atom stereocenters. The molecule has 0 spiro atoms. The van der Waals surface area contributed by atoms with Crippen molar-refractivity contribution in [3.63, 3.8) is 0 Å². The molecular weight excluding hydrogens is 472 g/mol. The van der Waals surface area contributed by atoms with E-state index in [1.807, 2.05) is 0 Å². The number of carboxylic acid groups (broad SMARTS) is 1. The summed E-state index contributed by atoms with van der Waals surface area (Å²) in [5.74, 6) is -1.37. The first-order valence-corrected chi connectivity index (χ1v) is 16.0. The van der Waals surface area contributed by atoms with Gasteiger partial charge in [0.2, 0.25) is 0 Å². The number of hydrogen-bond acceptors (Lipinski definition) is 3. The zero-order chi connectivity index (χ0) is 27.9. The van der Waals surface area contributed by atoms with Crippen molar-refractivity contribution in [3.8, 4) is 0 Å². The molecule has 4 heteroatoms. The van der Waals surface area contributed by atoms with Gasteiger partial charge in [0, 0.05) is 6.42 Å². The fourth-order valence-corrected chi connectivity index (χ4v) is 4.51. The minimum absolute atomic E-state index is 0.329. The number of rotatable bonds is 28. The van der Waals surface area contributed by atoms with Gasteiger partial charge in [-0.25, -0.2) is 4.79 Å². The molecule has 0 aliphatic rings. The van der Waals surface area contributed by atoms with Crippen LogP contribution in [0.4, 0.5) is 0 Å². The summed E-state index contributed by atoms with van der Waals surface area (Å²) in [6.07, 6.45) is 37.4. The van der Waals surface area contributed by atoms with Gasteiger partial charge in [-0.2, -0.15) is 0 Å². The zero-order valence-corrected chi connectivity index (χ0v) is 25.0. The lowest BCUT2D eigenvalue weighted by Crippen LogP contribution is -2.27. The summed E-state index contributed by atoms with van der Waals surface area (Å²) in [5, 5.41) is 9.40. The van der Waals surface area contributed by atoms with Crippen LogP contribution in [0.3, 0.4) is 0 Å². The molecule has 0 aromatic heterocycles. The normalized spacial score (nSPS) is 12.7. The van der Waals surface area contributed by atoms with Crippen LogP contribution in [0.2, 0.25) is 0 Å². The number of carbonyl (C=O) groups excluding carboxylic acids is 1. The molecule has 0 aromatic carbocycles. The van der Waals surface area contributed by atoms with Crippen molar-refractivity contribution in [2.75, 3.05) is 0 Å². The first kappa shape index (κ1) is 36.2. The smallest absolute Gasteiger partial charge is 0.345 e. The number of hydrogen-bond donors (Lipinski definition) is 1. The number of carbonyl (C=O) groups is 2. The van der Waals surface area contributed by atoms with E-state index in [-0.39, 0.29) is 5.97 Å². The van der Waals surface area contributed by atoms with E-state index in [0.29, 0.717) is 12.8 Å². The predicted molar refractivity (Wildman–Crippen MR) is 162 cm³/mol. The Hall–Kier alpha value is -1.84. The lowest BCUT2D eigenvalue weighted by atomic mass is 10.0. The third kappa shape index (κ3) is 27.2. The van der Waals surface area contributed by atoms with E-state index in [1.165, 1.54) is 70.6 Å². The van der Waals surface area contributed by atoms with Crippen molar-refractivity contribution in [3.05, 3.63) is 36.5 Å². The second-order valence-electron chi connectivity index (χ2n) is 10.6. The highest BCUT2D eigenvalue weighted by Gasteiger charge is 2.21. The summed E-state index contributed by atoms with van der Waals surface area (Å²) in [6.45, 7) is 4.39. The molecule has 0 aromatic rings. The maximum atomic E-state index is 12.1. The first-order chi connectivity index (χ1) is 18.6. The topological polar surface area (TPSA) is 63.6 Å². The Balaban J connectivity index is 3.61. The molecule has 0 aliphatic carbocycles. The standard InChI is InChI=1S/C34H60O4/c1-3-5-7-9-11-13-15-16-17-18-19-20-21-23-25-27-29-31-33(35)38-32(34(36)37)30-28-26-24-22-14-12-10-8-6-4-2/h5,7,11,13,16-17,32H,3-4,6,8-10,12,14-15,18-31H2,1-2H3,(H,36,37)/b7-5-,13-11-,17-16-. The molecule has 0 bridgehead atoms. The van der Waals surface area contributed by atoms with Gasteiger partial charge in [-0.15, -0.1) is 0 Å². The first-order valence-electron chi connectivity index (χ1n) is 16.0. The van der Waals surface area contributed by atoms with Crippen molar-refractivity contribution in [1.82, 2.24) is 0 Å². The van der Waals surface area contributed by atoms with Gasteiger partial charge in [0.25, 0.3) is 0 Å². The number of esters is 1. The van der Waals surface area contributed by atoms with Gasteiger partial charge in [-0.3, -0.25) is 4.79 Å². The number of carboxylic acids is 1. The highest BCUT2D eigenvalue weighted by molar-refractivity contribution is 5.77. The van der Waals surface area contributed by atoms with Crippen molar-refractivity contribution in [2.45, 2.75) is 168 Å². The summed E-state index contributed by atoms with van der Waals surface area (Å²) in [6, 6.07) is 0. The molecule has 0 rings (SSSR count). The molecule has 0 radical (unpaired) electrons. The van der Waals surface area contributed by atoms with E-state index in [4.69, 9.17) is 4.74 Å². The molecule has 1 N–H and O–H groups in total. The number of aliphatic carboxylic acids is 1. The Bertz CT molecular complexity index is 620. The molecule has 0 saturated carbocycles. The summed E-state index contributed by atoms with van der Waals surface area (Å²) in [7, 11) is 0. The minimum atomic E-state index is -1.01. The molecule has 0 amide bonds. The van der Waals surface area contributed by atoms with E-state index in [9.17, 15) is 14.7 Å². The van der Waals surface area contributed by atoms with E-state index in [1.54, 1.807) is 0 Å². The largest absolute Gasteiger partial charge is 0.479 e. The fraction of sp³-hybridized carbons (Fsp3) is 0.765. The predicted octanol–water partition coefficient (Wildman–Crippen LogP) is 10.7. The molecule has 4 nitrogen and oxygen atoms in total. The molecule has 0 saturated heterocycles. The average Bonchev–Trinajstić information content (AvgIpc) is 2.90. The number of ether oxygens (including phenoxy) is 1. The van der Waals surface area contributed by atoms with E-state index in [0.717, 1.165) is 64.2 Å². The van der Waals surface area contributed by atoms with E-state index >= 15 is 0 Å². The molecule has 38 heavy (non-hydrogen) atoms. The number of allylic oxidation sites excluding steroid dienone is 6. The molecule has 0 fully saturated rings. The van der Waals surface area contributed by atoms with Crippen molar-refractivity contribution in [1.29, 1.82) is 0 Å². The van der Waals surface area contributed by atoms with Gasteiger partial charge in [-0.05, 0) is 51.4 Å². The van der Waals surface area contributed by atoms with Crippen LogP contribution in [0.15, 0.2) is 36.5 Å². The lowest BCUT2D eigenvalue weighted by molar-refractivity contribution is -0.164. The maximum absolute atomic E-state index is 12.1. The second kappa shape index (κ2) is 29.7. The summed E-state index contributed by atoms with van der Waals surface area (Å²) < 4.78 is 5.27. The van der Waals surface area contributed by atoms with E-state index in [2.05, 4.69) is 50.3 Å². The Labute approximate surface area is 235 Å². The van der Waals surface area contributed by atoms with Gasteiger partial charge >= 0.3 is 11.9 Å². The summed E-state index contributed by atoms with van der Waals surface area (Å²) >= 11 is 0. The zero-order valence-electron chi connectivity index (χ0n) is 25.0. The van der Waals surface area contributed by atoms with E-state index < -0.39 is 12.1 Å². The minimum Gasteiger partial charge on any atom is -0.479 e.